The second-order valence-electron chi connectivity index (χ2n) is 4.31. The summed E-state index contributed by atoms with van der Waals surface area (Å²) >= 11 is 0. The molecule has 0 aliphatic rings. The van der Waals surface area contributed by atoms with E-state index in [-0.39, 0.29) is 0 Å². The van der Waals surface area contributed by atoms with Crippen molar-refractivity contribution in [3.05, 3.63) is 24.3 Å². The first-order chi connectivity index (χ1) is 6.70. The third kappa shape index (κ3) is 8.10. The van der Waals surface area contributed by atoms with Gasteiger partial charge >= 0.3 is 0 Å². The van der Waals surface area contributed by atoms with Crippen molar-refractivity contribution in [2.45, 2.75) is 59.3 Å². The van der Waals surface area contributed by atoms with E-state index in [1.807, 2.05) is 0 Å². The third-order valence-corrected chi connectivity index (χ3v) is 2.62. The summed E-state index contributed by atoms with van der Waals surface area (Å²) in [5.74, 6) is 0.899. The molecule has 14 heavy (non-hydrogen) atoms. The highest BCUT2D eigenvalue weighted by Crippen LogP contribution is 2.20. The van der Waals surface area contributed by atoms with Crippen LogP contribution in [0.15, 0.2) is 24.3 Å². The molecule has 0 aromatic carbocycles. The number of hydrogen-bond donors (Lipinski definition) is 0. The van der Waals surface area contributed by atoms with Gasteiger partial charge in [-0.3, -0.25) is 0 Å². The van der Waals surface area contributed by atoms with Gasteiger partial charge < -0.3 is 0 Å². The molecular formula is C14H26. The van der Waals surface area contributed by atoms with Crippen LogP contribution in [0, 0.1) is 5.92 Å². The quantitative estimate of drug-likeness (QED) is 0.471. The van der Waals surface area contributed by atoms with Gasteiger partial charge in [-0.05, 0) is 45.4 Å². The number of allylic oxidation sites excluding steroid dienone is 3. The molecule has 0 radical (unpaired) electrons. The molecule has 0 heteroatoms. The van der Waals surface area contributed by atoms with E-state index >= 15 is 0 Å². The van der Waals surface area contributed by atoms with Crippen molar-refractivity contribution < 1.29 is 0 Å². The van der Waals surface area contributed by atoms with E-state index in [2.05, 4.69) is 39.5 Å². The maximum atomic E-state index is 3.95. The summed E-state index contributed by atoms with van der Waals surface area (Å²) in [5, 5.41) is 0. The lowest BCUT2D eigenvalue weighted by atomic mass is 9.93. The zero-order chi connectivity index (χ0) is 10.8. The second kappa shape index (κ2) is 9.05. The van der Waals surface area contributed by atoms with Gasteiger partial charge in [-0.15, -0.1) is 6.58 Å². The summed E-state index contributed by atoms with van der Waals surface area (Å²) in [5.41, 5.74) is 1.33. The minimum Gasteiger partial charge on any atom is -0.100 e. The van der Waals surface area contributed by atoms with Crippen LogP contribution in [0.1, 0.15) is 59.3 Å². The van der Waals surface area contributed by atoms with Crippen molar-refractivity contribution >= 4 is 0 Å². The van der Waals surface area contributed by atoms with Crippen LogP contribution in [-0.4, -0.2) is 0 Å². The van der Waals surface area contributed by atoms with Crippen molar-refractivity contribution in [1.29, 1.82) is 0 Å². The minimum absolute atomic E-state index is 0.899. The first-order valence-corrected chi connectivity index (χ1v) is 5.96. The molecule has 0 nitrogen and oxygen atoms in total. The lowest BCUT2D eigenvalue weighted by Gasteiger charge is -2.13. The highest BCUT2D eigenvalue weighted by atomic mass is 14.1. The molecule has 0 fully saturated rings. The van der Waals surface area contributed by atoms with Crippen molar-refractivity contribution in [1.82, 2.24) is 0 Å². The van der Waals surface area contributed by atoms with Gasteiger partial charge in [0.05, 0.1) is 0 Å². The van der Waals surface area contributed by atoms with Crippen LogP contribution in [-0.2, 0) is 0 Å². The van der Waals surface area contributed by atoms with E-state index in [1.54, 1.807) is 0 Å². The molecule has 0 aliphatic heterocycles. The predicted octanol–water partition coefficient (Wildman–Crippen LogP) is 5.12. The second-order valence-corrected chi connectivity index (χ2v) is 4.31. The topological polar surface area (TPSA) is 0 Å². The summed E-state index contributed by atoms with van der Waals surface area (Å²) in [7, 11) is 0. The fourth-order valence-electron chi connectivity index (χ4n) is 1.81. The molecule has 0 amide bonds. The summed E-state index contributed by atoms with van der Waals surface area (Å²) < 4.78 is 0. The van der Waals surface area contributed by atoms with Gasteiger partial charge in [-0.1, -0.05) is 37.5 Å². The predicted molar refractivity (Wildman–Crippen MR) is 66.5 cm³/mol. The minimum atomic E-state index is 0.899. The summed E-state index contributed by atoms with van der Waals surface area (Å²) in [6, 6.07) is 0. The van der Waals surface area contributed by atoms with Gasteiger partial charge in [0.2, 0.25) is 0 Å². The number of rotatable bonds is 8. The van der Waals surface area contributed by atoms with Crippen LogP contribution in [0.5, 0.6) is 0 Å². The van der Waals surface area contributed by atoms with E-state index < -0.39 is 0 Å². The Hall–Kier alpha value is -0.520. The molecule has 0 N–H and O–H groups in total. The molecule has 0 heterocycles. The normalized spacial score (nSPS) is 13.4. The molecule has 1 unspecified atom stereocenters. The standard InChI is InChI=1S/C14H26/c1-5-7-11-14(9-6-2)12-8-10-13(3)4/h5,7,14H,3,6,8-12H2,1-2,4H3. The smallest absolute Gasteiger partial charge is 0.0322 e. The van der Waals surface area contributed by atoms with E-state index in [1.165, 1.54) is 44.1 Å². The molecule has 0 aromatic rings. The van der Waals surface area contributed by atoms with Crippen LogP contribution in [0.3, 0.4) is 0 Å². The SMILES string of the molecule is C=C(C)CCCC(CC=CC)CCC. The highest BCUT2D eigenvalue weighted by molar-refractivity contribution is 4.88. The third-order valence-electron chi connectivity index (χ3n) is 2.62. The van der Waals surface area contributed by atoms with Crippen LogP contribution >= 0.6 is 0 Å². The molecule has 0 aromatic heterocycles. The Morgan fingerprint density at radius 2 is 2.07 bits per heavy atom. The van der Waals surface area contributed by atoms with Crippen LogP contribution < -0.4 is 0 Å². The van der Waals surface area contributed by atoms with Crippen molar-refractivity contribution in [2.75, 3.05) is 0 Å². The van der Waals surface area contributed by atoms with Gasteiger partial charge in [0, 0.05) is 0 Å². The molecule has 1 atom stereocenters. The largest absolute Gasteiger partial charge is 0.100 e. The molecular weight excluding hydrogens is 168 g/mol. The monoisotopic (exact) mass is 194 g/mol. The lowest BCUT2D eigenvalue weighted by Crippen LogP contribution is -1.98. The van der Waals surface area contributed by atoms with Gasteiger partial charge in [0.1, 0.15) is 0 Å². The van der Waals surface area contributed by atoms with Crippen LogP contribution in [0.2, 0.25) is 0 Å². The summed E-state index contributed by atoms with van der Waals surface area (Å²) in [6.07, 6.45) is 12.3. The van der Waals surface area contributed by atoms with E-state index in [0.29, 0.717) is 0 Å². The molecule has 0 saturated carbocycles. The first kappa shape index (κ1) is 13.5. The zero-order valence-corrected chi connectivity index (χ0v) is 10.2. The van der Waals surface area contributed by atoms with E-state index in [4.69, 9.17) is 0 Å². The Balaban J connectivity index is 3.66. The maximum absolute atomic E-state index is 3.95. The molecule has 0 rings (SSSR count). The van der Waals surface area contributed by atoms with Gasteiger partial charge in [0.15, 0.2) is 0 Å². The summed E-state index contributed by atoms with van der Waals surface area (Å²) in [6.45, 7) is 10.5. The first-order valence-electron chi connectivity index (χ1n) is 5.96. The Morgan fingerprint density at radius 1 is 1.36 bits per heavy atom. The Morgan fingerprint density at radius 3 is 2.57 bits per heavy atom. The summed E-state index contributed by atoms with van der Waals surface area (Å²) in [4.78, 5) is 0. The average molecular weight is 194 g/mol. The zero-order valence-electron chi connectivity index (χ0n) is 10.2. The fourth-order valence-corrected chi connectivity index (χ4v) is 1.81. The highest BCUT2D eigenvalue weighted by Gasteiger charge is 2.05. The van der Waals surface area contributed by atoms with Crippen molar-refractivity contribution in [2.24, 2.45) is 5.92 Å². The Kier molecular flexibility index (Phi) is 8.72. The van der Waals surface area contributed by atoms with Gasteiger partial charge in [-0.25, -0.2) is 0 Å². The van der Waals surface area contributed by atoms with E-state index in [9.17, 15) is 0 Å². The van der Waals surface area contributed by atoms with Crippen LogP contribution in [0.25, 0.3) is 0 Å². The molecule has 0 saturated heterocycles. The average Bonchev–Trinajstić information content (AvgIpc) is 2.13. The molecule has 82 valence electrons. The fraction of sp³-hybridized carbons (Fsp3) is 0.714. The Bertz CT molecular complexity index is 165. The van der Waals surface area contributed by atoms with E-state index in [0.717, 1.165) is 5.92 Å². The van der Waals surface area contributed by atoms with Gasteiger partial charge in [-0.2, -0.15) is 0 Å². The lowest BCUT2D eigenvalue weighted by molar-refractivity contribution is 0.436. The molecule has 0 spiro atoms. The molecule has 0 bridgehead atoms. The Labute approximate surface area is 90.1 Å². The van der Waals surface area contributed by atoms with Crippen molar-refractivity contribution in [3.8, 4) is 0 Å². The van der Waals surface area contributed by atoms with Crippen LogP contribution in [0.4, 0.5) is 0 Å². The number of hydrogen-bond acceptors (Lipinski definition) is 0. The maximum Gasteiger partial charge on any atom is -0.0322 e. The van der Waals surface area contributed by atoms with Gasteiger partial charge in [0.25, 0.3) is 0 Å². The molecule has 0 aliphatic carbocycles. The van der Waals surface area contributed by atoms with Crippen molar-refractivity contribution in [3.63, 3.8) is 0 Å².